The summed E-state index contributed by atoms with van der Waals surface area (Å²) in [6.07, 6.45) is 4.30. The van der Waals surface area contributed by atoms with E-state index in [-0.39, 0.29) is 42.1 Å². The van der Waals surface area contributed by atoms with Gasteiger partial charge in [-0.05, 0) is 24.3 Å². The number of carbonyl (C=O) groups excluding carboxylic acids is 2. The Morgan fingerprint density at radius 3 is 2.40 bits per heavy atom. The van der Waals surface area contributed by atoms with Gasteiger partial charge in [-0.15, -0.1) is 12.4 Å². The molecule has 1 saturated carbocycles. The van der Waals surface area contributed by atoms with E-state index in [0.717, 1.165) is 25.7 Å². The lowest BCUT2D eigenvalue weighted by Gasteiger charge is -2.28. The Hall–Kier alpha value is -1.59. The number of halogens is 1. The molecule has 6 heteroatoms. The van der Waals surface area contributed by atoms with E-state index in [1.807, 2.05) is 23.1 Å². The fraction of sp³-hybridized carbons (Fsp3) is 0.579. The highest BCUT2D eigenvalue weighted by molar-refractivity contribution is 5.87. The first-order valence-corrected chi connectivity index (χ1v) is 8.92. The summed E-state index contributed by atoms with van der Waals surface area (Å²) in [6, 6.07) is 9.68. The summed E-state index contributed by atoms with van der Waals surface area (Å²) in [5, 5.41) is 2.90. The quantitative estimate of drug-likeness (QED) is 0.857. The van der Waals surface area contributed by atoms with Crippen LogP contribution in [0.4, 0.5) is 0 Å². The van der Waals surface area contributed by atoms with E-state index in [2.05, 4.69) is 17.4 Å². The van der Waals surface area contributed by atoms with Crippen molar-refractivity contribution >= 4 is 24.2 Å². The summed E-state index contributed by atoms with van der Waals surface area (Å²) in [6.45, 7) is 2.67. The maximum absolute atomic E-state index is 13.0. The first-order chi connectivity index (χ1) is 11.6. The monoisotopic (exact) mass is 365 g/mol. The second-order valence-electron chi connectivity index (χ2n) is 7.15. The minimum atomic E-state index is -0.397. The number of nitrogens with two attached hydrogens (primary N) is 1. The lowest BCUT2D eigenvalue weighted by Crippen LogP contribution is -2.51. The van der Waals surface area contributed by atoms with E-state index in [1.165, 1.54) is 12.5 Å². The number of likely N-dealkylation sites (tertiary alicyclic amines) is 1. The van der Waals surface area contributed by atoms with E-state index >= 15 is 0 Å². The SMILES string of the molecule is CC(=O)NC(C(=O)N1C[C@@H](N)[C@H](c2ccccc2)C1)C1CCCC1.Cl. The molecular formula is C19H28ClN3O2. The maximum Gasteiger partial charge on any atom is 0.245 e. The van der Waals surface area contributed by atoms with Gasteiger partial charge < -0.3 is 16.0 Å². The van der Waals surface area contributed by atoms with Crippen LogP contribution in [0.25, 0.3) is 0 Å². The Kier molecular flexibility index (Phi) is 6.85. The van der Waals surface area contributed by atoms with Crippen molar-refractivity contribution in [1.82, 2.24) is 10.2 Å². The predicted octanol–water partition coefficient (Wildman–Crippen LogP) is 2.06. The van der Waals surface area contributed by atoms with Gasteiger partial charge in [0.1, 0.15) is 6.04 Å². The van der Waals surface area contributed by atoms with Gasteiger partial charge in [0.25, 0.3) is 0 Å². The third-order valence-electron chi connectivity index (χ3n) is 5.40. The second kappa shape index (κ2) is 8.68. The van der Waals surface area contributed by atoms with Crippen LogP contribution >= 0.6 is 12.4 Å². The second-order valence-corrected chi connectivity index (χ2v) is 7.15. The summed E-state index contributed by atoms with van der Waals surface area (Å²) in [5.41, 5.74) is 7.49. The van der Waals surface area contributed by atoms with Crippen molar-refractivity contribution in [2.24, 2.45) is 11.7 Å². The third kappa shape index (κ3) is 4.53. The van der Waals surface area contributed by atoms with Gasteiger partial charge in [0.05, 0.1) is 0 Å². The summed E-state index contributed by atoms with van der Waals surface area (Å²) in [7, 11) is 0. The summed E-state index contributed by atoms with van der Waals surface area (Å²) in [4.78, 5) is 26.5. The molecule has 1 unspecified atom stereocenters. The minimum absolute atomic E-state index is 0. The van der Waals surface area contributed by atoms with Gasteiger partial charge in [0.15, 0.2) is 0 Å². The Balaban J connectivity index is 0.00000225. The van der Waals surface area contributed by atoms with Crippen molar-refractivity contribution in [1.29, 1.82) is 0 Å². The molecule has 0 spiro atoms. The van der Waals surface area contributed by atoms with Crippen LogP contribution in [0.2, 0.25) is 0 Å². The molecule has 1 aromatic carbocycles. The standard InChI is InChI=1S/C19H27N3O2.ClH/c1-13(23)21-18(15-9-5-6-10-15)19(24)22-11-16(17(20)12-22)14-7-3-2-4-8-14;/h2-4,7-8,15-18H,5-6,9-12,20H2,1H3,(H,21,23);1H/t16-,17+,18?;/m0./s1. The lowest BCUT2D eigenvalue weighted by atomic mass is 9.95. The van der Waals surface area contributed by atoms with Gasteiger partial charge in [-0.1, -0.05) is 43.2 Å². The van der Waals surface area contributed by atoms with E-state index in [0.29, 0.717) is 13.1 Å². The number of nitrogens with one attached hydrogen (secondary N) is 1. The molecule has 1 aromatic rings. The molecule has 2 fully saturated rings. The highest BCUT2D eigenvalue weighted by Gasteiger charge is 2.39. The highest BCUT2D eigenvalue weighted by Crippen LogP contribution is 2.31. The zero-order valence-corrected chi connectivity index (χ0v) is 15.5. The van der Waals surface area contributed by atoms with Crippen LogP contribution in [-0.4, -0.2) is 41.9 Å². The van der Waals surface area contributed by atoms with Crippen LogP contribution in [0.15, 0.2) is 30.3 Å². The van der Waals surface area contributed by atoms with Crippen molar-refractivity contribution in [3.8, 4) is 0 Å². The number of nitrogens with zero attached hydrogens (tertiary/aromatic N) is 1. The zero-order chi connectivity index (χ0) is 17.1. The van der Waals surface area contributed by atoms with Gasteiger partial charge in [-0.25, -0.2) is 0 Å². The molecule has 5 nitrogen and oxygen atoms in total. The van der Waals surface area contributed by atoms with Crippen molar-refractivity contribution in [3.05, 3.63) is 35.9 Å². The largest absolute Gasteiger partial charge is 0.344 e. The number of benzene rings is 1. The number of rotatable bonds is 4. The molecule has 0 bridgehead atoms. The van der Waals surface area contributed by atoms with Gasteiger partial charge in [-0.2, -0.15) is 0 Å². The van der Waals surface area contributed by atoms with Gasteiger partial charge in [0.2, 0.25) is 11.8 Å². The summed E-state index contributed by atoms with van der Waals surface area (Å²) in [5.74, 6) is 0.319. The Labute approximate surface area is 155 Å². The summed E-state index contributed by atoms with van der Waals surface area (Å²) < 4.78 is 0. The molecule has 0 radical (unpaired) electrons. The molecule has 1 aliphatic heterocycles. The molecule has 3 atom stereocenters. The molecule has 2 amide bonds. The molecule has 3 rings (SSSR count). The first kappa shape index (κ1) is 19.7. The number of hydrogen-bond donors (Lipinski definition) is 2. The third-order valence-corrected chi connectivity index (χ3v) is 5.40. The molecule has 25 heavy (non-hydrogen) atoms. The number of hydrogen-bond acceptors (Lipinski definition) is 3. The first-order valence-electron chi connectivity index (χ1n) is 8.92. The summed E-state index contributed by atoms with van der Waals surface area (Å²) >= 11 is 0. The smallest absolute Gasteiger partial charge is 0.245 e. The Morgan fingerprint density at radius 2 is 1.80 bits per heavy atom. The lowest BCUT2D eigenvalue weighted by molar-refractivity contribution is -0.136. The molecule has 2 aliphatic rings. The van der Waals surface area contributed by atoms with Crippen molar-refractivity contribution in [3.63, 3.8) is 0 Å². The van der Waals surface area contributed by atoms with Gasteiger partial charge in [0, 0.05) is 32.0 Å². The number of amides is 2. The van der Waals surface area contributed by atoms with E-state index in [1.54, 1.807) is 0 Å². The van der Waals surface area contributed by atoms with Crippen molar-refractivity contribution in [2.75, 3.05) is 13.1 Å². The van der Waals surface area contributed by atoms with E-state index in [9.17, 15) is 9.59 Å². The molecule has 138 valence electrons. The fourth-order valence-electron chi connectivity index (χ4n) is 4.15. The van der Waals surface area contributed by atoms with Crippen LogP contribution in [0.3, 0.4) is 0 Å². The minimum Gasteiger partial charge on any atom is -0.344 e. The van der Waals surface area contributed by atoms with Crippen LogP contribution in [-0.2, 0) is 9.59 Å². The average molecular weight is 366 g/mol. The van der Waals surface area contributed by atoms with E-state index in [4.69, 9.17) is 5.73 Å². The van der Waals surface area contributed by atoms with Crippen molar-refractivity contribution < 1.29 is 9.59 Å². The van der Waals surface area contributed by atoms with Crippen molar-refractivity contribution in [2.45, 2.75) is 50.6 Å². The fourth-order valence-corrected chi connectivity index (χ4v) is 4.15. The molecule has 1 saturated heterocycles. The number of carbonyl (C=O) groups is 2. The topological polar surface area (TPSA) is 75.4 Å². The predicted molar refractivity (Wildman–Crippen MR) is 101 cm³/mol. The molecular weight excluding hydrogens is 338 g/mol. The van der Waals surface area contributed by atoms with Gasteiger partial charge in [-0.3, -0.25) is 9.59 Å². The average Bonchev–Trinajstić information content (AvgIpc) is 3.22. The van der Waals surface area contributed by atoms with Crippen LogP contribution in [0.5, 0.6) is 0 Å². The normalized spacial score (nSPS) is 24.6. The van der Waals surface area contributed by atoms with Crippen LogP contribution in [0.1, 0.15) is 44.1 Å². The molecule has 3 N–H and O–H groups in total. The van der Waals surface area contributed by atoms with E-state index < -0.39 is 6.04 Å². The van der Waals surface area contributed by atoms with Gasteiger partial charge >= 0.3 is 0 Å². The maximum atomic E-state index is 13.0. The molecule has 1 aliphatic carbocycles. The van der Waals surface area contributed by atoms with Crippen LogP contribution in [0, 0.1) is 5.92 Å². The Bertz CT molecular complexity index is 590. The zero-order valence-electron chi connectivity index (χ0n) is 14.7. The van der Waals surface area contributed by atoms with Crippen LogP contribution < -0.4 is 11.1 Å². The Morgan fingerprint density at radius 1 is 1.16 bits per heavy atom. The molecule has 1 heterocycles. The highest BCUT2D eigenvalue weighted by atomic mass is 35.5. The molecule has 0 aromatic heterocycles.